The number of carboxylic acid groups (broad SMARTS) is 1. The van der Waals surface area contributed by atoms with Gasteiger partial charge in [0, 0.05) is 19.6 Å². The van der Waals surface area contributed by atoms with Crippen molar-refractivity contribution in [1.82, 2.24) is 5.32 Å². The first-order chi connectivity index (χ1) is 7.75. The second-order valence-corrected chi connectivity index (χ2v) is 3.19. The van der Waals surface area contributed by atoms with Gasteiger partial charge in [0.25, 0.3) is 0 Å². The van der Waals surface area contributed by atoms with E-state index in [1.54, 1.807) is 18.2 Å². The first-order valence-electron chi connectivity index (χ1n) is 5.11. The van der Waals surface area contributed by atoms with Gasteiger partial charge in [-0.05, 0) is 12.1 Å². The molecule has 0 aliphatic heterocycles. The van der Waals surface area contributed by atoms with Crippen molar-refractivity contribution in [2.24, 2.45) is 5.73 Å². The van der Waals surface area contributed by atoms with Crippen LogP contribution in [0.3, 0.4) is 0 Å². The van der Waals surface area contributed by atoms with Crippen LogP contribution in [0.15, 0.2) is 24.3 Å². The van der Waals surface area contributed by atoms with E-state index in [-0.39, 0.29) is 5.56 Å². The summed E-state index contributed by atoms with van der Waals surface area (Å²) in [5.74, 6) is -0.588. The summed E-state index contributed by atoms with van der Waals surface area (Å²) in [5.41, 5.74) is 5.49. The van der Waals surface area contributed by atoms with Gasteiger partial charge in [-0.25, -0.2) is 4.79 Å². The molecule has 4 N–H and O–H groups in total. The summed E-state index contributed by atoms with van der Waals surface area (Å²) in [6.07, 6.45) is 0. The van der Waals surface area contributed by atoms with Gasteiger partial charge in [0.2, 0.25) is 0 Å². The number of hydrogen-bond acceptors (Lipinski definition) is 4. The van der Waals surface area contributed by atoms with Crippen molar-refractivity contribution in [3.05, 3.63) is 29.8 Å². The molecule has 1 rings (SSSR count). The highest BCUT2D eigenvalue weighted by Gasteiger charge is 2.09. The van der Waals surface area contributed by atoms with Gasteiger partial charge in [0.05, 0.1) is 0 Å². The SMILES string of the molecule is NCCNCCOc1ccccc1C(=O)O. The van der Waals surface area contributed by atoms with Gasteiger partial charge in [-0.1, -0.05) is 12.1 Å². The molecule has 16 heavy (non-hydrogen) atoms. The minimum Gasteiger partial charge on any atom is -0.491 e. The van der Waals surface area contributed by atoms with Gasteiger partial charge < -0.3 is 20.9 Å². The summed E-state index contributed by atoms with van der Waals surface area (Å²) in [6, 6.07) is 6.58. The van der Waals surface area contributed by atoms with Gasteiger partial charge in [-0.2, -0.15) is 0 Å². The normalized spacial score (nSPS) is 10.1. The Labute approximate surface area is 94.2 Å². The standard InChI is InChI=1S/C11H16N2O3/c12-5-6-13-7-8-16-10-4-2-1-3-9(10)11(14)15/h1-4,13H,5-8,12H2,(H,14,15). The molecule has 0 saturated heterocycles. The predicted octanol–water partition coefficient (Wildman–Crippen LogP) is 0.312. The molecule has 0 bridgehead atoms. The molecular formula is C11H16N2O3. The van der Waals surface area contributed by atoms with Crippen LogP contribution in [-0.2, 0) is 0 Å². The lowest BCUT2D eigenvalue weighted by Gasteiger charge is -2.09. The third-order valence-corrected chi connectivity index (χ3v) is 1.97. The van der Waals surface area contributed by atoms with Crippen LogP contribution in [0.2, 0.25) is 0 Å². The first-order valence-corrected chi connectivity index (χ1v) is 5.11. The highest BCUT2D eigenvalue weighted by molar-refractivity contribution is 5.90. The molecule has 0 fully saturated rings. The third kappa shape index (κ3) is 3.88. The van der Waals surface area contributed by atoms with Crippen molar-refractivity contribution in [2.45, 2.75) is 0 Å². The van der Waals surface area contributed by atoms with Crippen molar-refractivity contribution in [3.8, 4) is 5.75 Å². The second kappa shape index (κ2) is 6.81. The molecule has 0 saturated carbocycles. The monoisotopic (exact) mass is 224 g/mol. The van der Waals surface area contributed by atoms with Gasteiger partial charge in [0.1, 0.15) is 17.9 Å². The van der Waals surface area contributed by atoms with E-state index in [2.05, 4.69) is 5.32 Å². The average molecular weight is 224 g/mol. The average Bonchev–Trinajstić information content (AvgIpc) is 2.29. The number of nitrogens with two attached hydrogens (primary N) is 1. The molecule has 0 atom stereocenters. The molecule has 0 aliphatic rings. The highest BCUT2D eigenvalue weighted by atomic mass is 16.5. The zero-order valence-electron chi connectivity index (χ0n) is 8.98. The van der Waals surface area contributed by atoms with E-state index >= 15 is 0 Å². The van der Waals surface area contributed by atoms with Crippen molar-refractivity contribution in [2.75, 3.05) is 26.2 Å². The lowest BCUT2D eigenvalue weighted by atomic mass is 10.2. The van der Waals surface area contributed by atoms with E-state index in [0.29, 0.717) is 25.4 Å². The molecule has 0 radical (unpaired) electrons. The summed E-state index contributed by atoms with van der Waals surface area (Å²) in [7, 11) is 0. The van der Waals surface area contributed by atoms with Crippen molar-refractivity contribution in [1.29, 1.82) is 0 Å². The number of carboxylic acids is 1. The van der Waals surface area contributed by atoms with Crippen LogP contribution in [0.5, 0.6) is 5.75 Å². The van der Waals surface area contributed by atoms with Gasteiger partial charge in [-0.3, -0.25) is 0 Å². The Balaban J connectivity index is 2.44. The van der Waals surface area contributed by atoms with E-state index < -0.39 is 5.97 Å². The zero-order chi connectivity index (χ0) is 11.8. The molecule has 1 aromatic carbocycles. The molecule has 88 valence electrons. The predicted molar refractivity (Wildman–Crippen MR) is 60.8 cm³/mol. The number of nitrogens with one attached hydrogen (secondary N) is 1. The van der Waals surface area contributed by atoms with Crippen LogP contribution in [0.4, 0.5) is 0 Å². The van der Waals surface area contributed by atoms with E-state index in [9.17, 15) is 4.79 Å². The molecule has 0 amide bonds. The van der Waals surface area contributed by atoms with Crippen molar-refractivity contribution in [3.63, 3.8) is 0 Å². The van der Waals surface area contributed by atoms with E-state index in [0.717, 1.165) is 6.54 Å². The van der Waals surface area contributed by atoms with Gasteiger partial charge in [0.15, 0.2) is 0 Å². The number of aromatic carboxylic acids is 1. The van der Waals surface area contributed by atoms with Gasteiger partial charge in [-0.15, -0.1) is 0 Å². The summed E-state index contributed by atoms with van der Waals surface area (Å²) in [4.78, 5) is 10.8. The topological polar surface area (TPSA) is 84.6 Å². The molecule has 0 aromatic heterocycles. The molecule has 1 aromatic rings. The number of rotatable bonds is 7. The maximum absolute atomic E-state index is 10.8. The van der Waals surface area contributed by atoms with Crippen LogP contribution >= 0.6 is 0 Å². The lowest BCUT2D eigenvalue weighted by Crippen LogP contribution is -2.27. The summed E-state index contributed by atoms with van der Waals surface area (Å²) in [5, 5.41) is 12.0. The number of benzene rings is 1. The number of para-hydroxylation sites is 1. The summed E-state index contributed by atoms with van der Waals surface area (Å²) in [6.45, 7) is 2.37. The number of hydrogen-bond donors (Lipinski definition) is 3. The Morgan fingerprint density at radius 1 is 1.38 bits per heavy atom. The fourth-order valence-corrected chi connectivity index (χ4v) is 1.23. The third-order valence-electron chi connectivity index (χ3n) is 1.97. The Morgan fingerprint density at radius 2 is 2.12 bits per heavy atom. The highest BCUT2D eigenvalue weighted by Crippen LogP contribution is 2.17. The minimum absolute atomic E-state index is 0.182. The smallest absolute Gasteiger partial charge is 0.339 e. The molecule has 0 spiro atoms. The summed E-state index contributed by atoms with van der Waals surface area (Å²) >= 11 is 0. The number of carbonyl (C=O) groups is 1. The van der Waals surface area contributed by atoms with E-state index in [1.165, 1.54) is 6.07 Å². The van der Waals surface area contributed by atoms with Crippen LogP contribution in [0.25, 0.3) is 0 Å². The zero-order valence-corrected chi connectivity index (χ0v) is 8.98. The lowest BCUT2D eigenvalue weighted by molar-refractivity contribution is 0.0692. The molecule has 0 unspecified atom stereocenters. The second-order valence-electron chi connectivity index (χ2n) is 3.19. The maximum atomic E-state index is 10.8. The Bertz CT molecular complexity index is 342. The van der Waals surface area contributed by atoms with Crippen LogP contribution in [0.1, 0.15) is 10.4 Å². The van der Waals surface area contributed by atoms with Crippen molar-refractivity contribution >= 4 is 5.97 Å². The Kier molecular flexibility index (Phi) is 5.31. The van der Waals surface area contributed by atoms with E-state index in [1.807, 2.05) is 0 Å². The minimum atomic E-state index is -0.981. The molecular weight excluding hydrogens is 208 g/mol. The van der Waals surface area contributed by atoms with Crippen molar-refractivity contribution < 1.29 is 14.6 Å². The first kappa shape index (κ1) is 12.5. The molecule has 5 nitrogen and oxygen atoms in total. The quantitative estimate of drug-likeness (QED) is 0.580. The Morgan fingerprint density at radius 3 is 2.81 bits per heavy atom. The molecule has 5 heteroatoms. The van der Waals surface area contributed by atoms with Crippen LogP contribution in [-0.4, -0.2) is 37.3 Å². The Hall–Kier alpha value is -1.59. The van der Waals surface area contributed by atoms with Crippen LogP contribution in [0, 0.1) is 0 Å². The van der Waals surface area contributed by atoms with E-state index in [4.69, 9.17) is 15.6 Å². The fraction of sp³-hybridized carbons (Fsp3) is 0.364. The maximum Gasteiger partial charge on any atom is 0.339 e. The largest absolute Gasteiger partial charge is 0.491 e. The molecule has 0 aliphatic carbocycles. The summed E-state index contributed by atoms with van der Waals surface area (Å²) < 4.78 is 5.36. The van der Waals surface area contributed by atoms with Crippen LogP contribution < -0.4 is 15.8 Å². The number of ether oxygens (including phenoxy) is 1. The van der Waals surface area contributed by atoms with Gasteiger partial charge >= 0.3 is 5.97 Å². The fourth-order valence-electron chi connectivity index (χ4n) is 1.23. The molecule has 0 heterocycles.